The molecule has 2 N–H and O–H groups in total. The number of furan rings is 1. The second-order valence-corrected chi connectivity index (χ2v) is 4.78. The van der Waals surface area contributed by atoms with Crippen molar-refractivity contribution in [2.75, 3.05) is 6.54 Å². The summed E-state index contributed by atoms with van der Waals surface area (Å²) in [6.07, 6.45) is 2.35. The van der Waals surface area contributed by atoms with Gasteiger partial charge in [0.05, 0.1) is 11.9 Å². The molecule has 0 bridgehead atoms. The number of aliphatic hydroxyl groups is 1. The molecule has 2 atom stereocenters. The number of nitrogens with one attached hydrogen (secondary N) is 1. The van der Waals surface area contributed by atoms with Crippen molar-refractivity contribution in [1.29, 1.82) is 0 Å². The summed E-state index contributed by atoms with van der Waals surface area (Å²) in [5.41, 5.74) is -0.101. The molecule has 1 aromatic heterocycles. The maximum Gasteiger partial charge on any atom is 0.287 e. The minimum Gasteiger partial charge on any atom is -0.459 e. The Bertz CT molecular complexity index is 382. The molecule has 0 radical (unpaired) electrons. The van der Waals surface area contributed by atoms with Crippen LogP contribution in [0.5, 0.6) is 0 Å². The molecule has 0 saturated heterocycles. The average molecular weight is 239 g/mol. The molecule has 96 valence electrons. The minimum atomic E-state index is -0.898. The van der Waals surface area contributed by atoms with Crippen molar-refractivity contribution in [2.45, 2.75) is 39.7 Å². The summed E-state index contributed by atoms with van der Waals surface area (Å²) in [5.74, 6) is 0.154. The van der Waals surface area contributed by atoms with E-state index in [2.05, 4.69) is 5.32 Å². The van der Waals surface area contributed by atoms with Crippen LogP contribution in [0.25, 0.3) is 0 Å². The number of carbonyl (C=O) groups is 1. The van der Waals surface area contributed by atoms with Crippen molar-refractivity contribution < 1.29 is 14.3 Å². The molecule has 0 aliphatic rings. The highest BCUT2D eigenvalue weighted by molar-refractivity contribution is 5.92. The summed E-state index contributed by atoms with van der Waals surface area (Å²) < 4.78 is 5.08. The van der Waals surface area contributed by atoms with Gasteiger partial charge in [-0.15, -0.1) is 0 Å². The molecule has 0 saturated carbocycles. The molecule has 1 heterocycles. The number of carbonyl (C=O) groups excluding carboxylic acids is 1. The van der Waals surface area contributed by atoms with Crippen LogP contribution in [0.3, 0.4) is 0 Å². The Morgan fingerprint density at radius 1 is 1.65 bits per heavy atom. The van der Waals surface area contributed by atoms with Gasteiger partial charge in [-0.3, -0.25) is 4.79 Å². The van der Waals surface area contributed by atoms with Gasteiger partial charge in [0.15, 0.2) is 5.76 Å². The Kier molecular flexibility index (Phi) is 4.34. The summed E-state index contributed by atoms with van der Waals surface area (Å²) in [7, 11) is 0. The van der Waals surface area contributed by atoms with E-state index in [0.717, 1.165) is 12.0 Å². The maximum absolute atomic E-state index is 11.8. The van der Waals surface area contributed by atoms with Gasteiger partial charge in [0.2, 0.25) is 0 Å². The van der Waals surface area contributed by atoms with Crippen LogP contribution in [0.1, 0.15) is 43.3 Å². The Morgan fingerprint density at radius 3 is 2.76 bits per heavy atom. The second kappa shape index (κ2) is 5.36. The molecule has 0 aliphatic carbocycles. The van der Waals surface area contributed by atoms with Crippen LogP contribution >= 0.6 is 0 Å². The normalized spacial score (nSPS) is 16.3. The Balaban J connectivity index is 2.57. The first-order valence-corrected chi connectivity index (χ1v) is 5.93. The predicted molar refractivity (Wildman–Crippen MR) is 65.9 cm³/mol. The lowest BCUT2D eigenvalue weighted by Crippen LogP contribution is -2.45. The van der Waals surface area contributed by atoms with Gasteiger partial charge in [-0.25, -0.2) is 0 Å². The van der Waals surface area contributed by atoms with Gasteiger partial charge >= 0.3 is 0 Å². The molecule has 1 amide bonds. The van der Waals surface area contributed by atoms with Crippen molar-refractivity contribution >= 4 is 5.91 Å². The first kappa shape index (κ1) is 13.8. The standard InChI is InChI=1S/C13H21NO3/c1-5-10(3)13(4,16)8-14-12(15)11-9(2)6-7-17-11/h6-7,10,16H,5,8H2,1-4H3,(H,14,15). The maximum atomic E-state index is 11.8. The van der Waals surface area contributed by atoms with Crippen molar-refractivity contribution in [3.63, 3.8) is 0 Å². The quantitative estimate of drug-likeness (QED) is 0.827. The highest BCUT2D eigenvalue weighted by Gasteiger charge is 2.28. The van der Waals surface area contributed by atoms with Gasteiger partial charge in [0.25, 0.3) is 5.91 Å². The van der Waals surface area contributed by atoms with E-state index < -0.39 is 5.60 Å². The van der Waals surface area contributed by atoms with E-state index in [9.17, 15) is 9.90 Å². The van der Waals surface area contributed by atoms with Gasteiger partial charge < -0.3 is 14.8 Å². The summed E-state index contributed by atoms with van der Waals surface area (Å²) >= 11 is 0. The first-order chi connectivity index (χ1) is 7.88. The summed E-state index contributed by atoms with van der Waals surface area (Å²) in [6, 6.07) is 1.74. The van der Waals surface area contributed by atoms with E-state index >= 15 is 0 Å². The fourth-order valence-corrected chi connectivity index (χ4v) is 1.56. The zero-order chi connectivity index (χ0) is 13.1. The molecule has 17 heavy (non-hydrogen) atoms. The van der Waals surface area contributed by atoms with Gasteiger partial charge in [-0.2, -0.15) is 0 Å². The number of rotatable bonds is 5. The number of amides is 1. The third kappa shape index (κ3) is 3.33. The van der Waals surface area contributed by atoms with Gasteiger partial charge in [0, 0.05) is 12.1 Å². The molecule has 4 heteroatoms. The fraction of sp³-hybridized carbons (Fsp3) is 0.615. The van der Waals surface area contributed by atoms with Crippen molar-refractivity contribution in [2.24, 2.45) is 5.92 Å². The van der Waals surface area contributed by atoms with Crippen LogP contribution in [-0.2, 0) is 0 Å². The average Bonchev–Trinajstić information content (AvgIpc) is 2.71. The Morgan fingerprint density at radius 2 is 2.29 bits per heavy atom. The van der Waals surface area contributed by atoms with E-state index in [1.807, 2.05) is 20.8 Å². The highest BCUT2D eigenvalue weighted by atomic mass is 16.3. The SMILES string of the molecule is CCC(C)C(C)(O)CNC(=O)c1occc1C. The van der Waals surface area contributed by atoms with E-state index in [0.29, 0.717) is 5.76 Å². The van der Waals surface area contributed by atoms with E-state index in [-0.39, 0.29) is 18.4 Å². The van der Waals surface area contributed by atoms with Crippen LogP contribution in [0.4, 0.5) is 0 Å². The summed E-state index contributed by atoms with van der Waals surface area (Å²) in [6.45, 7) is 7.74. The van der Waals surface area contributed by atoms with E-state index in [1.54, 1.807) is 13.0 Å². The molecule has 1 rings (SSSR count). The van der Waals surface area contributed by atoms with Crippen LogP contribution in [-0.4, -0.2) is 23.2 Å². The smallest absolute Gasteiger partial charge is 0.287 e. The second-order valence-electron chi connectivity index (χ2n) is 4.78. The molecule has 2 unspecified atom stereocenters. The fourth-order valence-electron chi connectivity index (χ4n) is 1.56. The number of aryl methyl sites for hydroxylation is 1. The summed E-state index contributed by atoms with van der Waals surface area (Å²) in [4.78, 5) is 11.8. The molecular weight excluding hydrogens is 218 g/mol. The van der Waals surface area contributed by atoms with Gasteiger partial charge in [-0.1, -0.05) is 20.3 Å². The Labute approximate surface area is 102 Å². The molecular formula is C13H21NO3. The van der Waals surface area contributed by atoms with Gasteiger partial charge in [0.1, 0.15) is 0 Å². The zero-order valence-electron chi connectivity index (χ0n) is 10.9. The molecule has 0 fully saturated rings. The highest BCUT2D eigenvalue weighted by Crippen LogP contribution is 2.19. The molecule has 0 aliphatic heterocycles. The van der Waals surface area contributed by atoms with Crippen LogP contribution in [0.15, 0.2) is 16.7 Å². The van der Waals surface area contributed by atoms with Crippen molar-refractivity contribution in [1.82, 2.24) is 5.32 Å². The van der Waals surface area contributed by atoms with Gasteiger partial charge in [-0.05, 0) is 25.8 Å². The largest absolute Gasteiger partial charge is 0.459 e. The third-order valence-electron chi connectivity index (χ3n) is 3.35. The van der Waals surface area contributed by atoms with E-state index in [1.165, 1.54) is 6.26 Å². The lowest BCUT2D eigenvalue weighted by molar-refractivity contribution is 0.00568. The molecule has 0 spiro atoms. The summed E-state index contributed by atoms with van der Waals surface area (Å²) in [5, 5.41) is 12.9. The Hall–Kier alpha value is -1.29. The lowest BCUT2D eigenvalue weighted by atomic mass is 9.88. The molecule has 1 aromatic rings. The van der Waals surface area contributed by atoms with Crippen molar-refractivity contribution in [3.05, 3.63) is 23.7 Å². The van der Waals surface area contributed by atoms with Crippen molar-refractivity contribution in [3.8, 4) is 0 Å². The zero-order valence-corrected chi connectivity index (χ0v) is 10.9. The monoisotopic (exact) mass is 239 g/mol. The lowest BCUT2D eigenvalue weighted by Gasteiger charge is -2.29. The van der Waals surface area contributed by atoms with Crippen LogP contribution in [0.2, 0.25) is 0 Å². The number of hydrogen-bond acceptors (Lipinski definition) is 3. The number of hydrogen-bond donors (Lipinski definition) is 2. The predicted octanol–water partition coefficient (Wildman–Crippen LogP) is 2.11. The molecule has 4 nitrogen and oxygen atoms in total. The minimum absolute atomic E-state index is 0.125. The van der Waals surface area contributed by atoms with Crippen LogP contribution in [0, 0.1) is 12.8 Å². The molecule has 0 aromatic carbocycles. The topological polar surface area (TPSA) is 62.5 Å². The first-order valence-electron chi connectivity index (χ1n) is 5.93. The third-order valence-corrected chi connectivity index (χ3v) is 3.35. The van der Waals surface area contributed by atoms with E-state index in [4.69, 9.17) is 4.42 Å². The van der Waals surface area contributed by atoms with Crippen LogP contribution < -0.4 is 5.32 Å².